The van der Waals surface area contributed by atoms with Crippen molar-refractivity contribution in [2.75, 3.05) is 20.2 Å². The molecular formula is C28H37N5O. The first-order chi connectivity index (χ1) is 16.6. The van der Waals surface area contributed by atoms with Crippen molar-refractivity contribution in [2.45, 2.75) is 51.6 Å². The fraction of sp³-hybridized carbons (Fsp3) is 0.393. The van der Waals surface area contributed by atoms with E-state index in [9.17, 15) is 0 Å². The van der Waals surface area contributed by atoms with Crippen molar-refractivity contribution in [3.63, 3.8) is 0 Å². The van der Waals surface area contributed by atoms with E-state index in [-0.39, 0.29) is 0 Å². The lowest BCUT2D eigenvalue weighted by atomic mass is 10.00. The Morgan fingerprint density at radius 3 is 2.79 bits per heavy atom. The number of unbranched alkanes of at least 4 members (excludes halogenated alkanes) is 1. The summed E-state index contributed by atoms with van der Waals surface area (Å²) in [5, 5.41) is 3.57. The van der Waals surface area contributed by atoms with E-state index in [4.69, 9.17) is 10.5 Å². The predicted molar refractivity (Wildman–Crippen MR) is 139 cm³/mol. The Hall–Kier alpha value is -3.25. The van der Waals surface area contributed by atoms with Gasteiger partial charge in [-0.2, -0.15) is 0 Å². The summed E-state index contributed by atoms with van der Waals surface area (Å²) in [5.74, 6) is 0.764. The Kier molecular flexibility index (Phi) is 7.91. The van der Waals surface area contributed by atoms with E-state index in [2.05, 4.69) is 52.5 Å². The van der Waals surface area contributed by atoms with Crippen molar-refractivity contribution < 1.29 is 4.74 Å². The molecule has 34 heavy (non-hydrogen) atoms. The predicted octanol–water partition coefficient (Wildman–Crippen LogP) is 5.04. The van der Waals surface area contributed by atoms with E-state index < -0.39 is 0 Å². The molecule has 180 valence electrons. The molecule has 0 amide bonds. The molecule has 1 fully saturated rings. The summed E-state index contributed by atoms with van der Waals surface area (Å²) in [6.45, 7) is 6.36. The third-order valence-corrected chi connectivity index (χ3v) is 6.65. The van der Waals surface area contributed by atoms with Crippen molar-refractivity contribution in [3.8, 4) is 11.4 Å². The quantitative estimate of drug-likeness (QED) is 0.444. The van der Waals surface area contributed by atoms with Gasteiger partial charge < -0.3 is 20.4 Å². The largest absolute Gasteiger partial charge is 0.495 e. The van der Waals surface area contributed by atoms with Gasteiger partial charge in [0.1, 0.15) is 5.75 Å². The molecule has 0 spiro atoms. The number of aryl methyl sites for hydroxylation is 1. The Balaban J connectivity index is 1.41. The highest BCUT2D eigenvalue weighted by atomic mass is 16.5. The molecule has 2 heterocycles. The summed E-state index contributed by atoms with van der Waals surface area (Å²) in [4.78, 5) is 6.93. The molecule has 3 aromatic rings. The van der Waals surface area contributed by atoms with Crippen LogP contribution in [0.1, 0.15) is 55.5 Å². The van der Waals surface area contributed by atoms with Gasteiger partial charge in [-0.25, -0.2) is 4.98 Å². The molecule has 1 saturated heterocycles. The van der Waals surface area contributed by atoms with Gasteiger partial charge in [-0.15, -0.1) is 0 Å². The van der Waals surface area contributed by atoms with Gasteiger partial charge in [-0.1, -0.05) is 56.2 Å². The number of likely N-dealkylation sites (tertiary alicyclic amines) is 1. The zero-order valence-corrected chi connectivity index (χ0v) is 20.6. The van der Waals surface area contributed by atoms with Crippen molar-refractivity contribution in [1.29, 1.82) is 0 Å². The van der Waals surface area contributed by atoms with Crippen LogP contribution in [-0.4, -0.2) is 40.7 Å². The Bertz CT molecular complexity index is 1090. The van der Waals surface area contributed by atoms with Crippen LogP contribution in [0.3, 0.4) is 0 Å². The molecule has 0 bridgehead atoms. The Labute approximate surface area is 203 Å². The first kappa shape index (κ1) is 23.9. The molecule has 1 aromatic heterocycles. The molecule has 2 atom stereocenters. The first-order valence-electron chi connectivity index (χ1n) is 12.3. The number of rotatable bonds is 10. The molecule has 6 heteroatoms. The highest BCUT2D eigenvalue weighted by Crippen LogP contribution is 2.30. The number of benzene rings is 2. The topological polar surface area (TPSA) is 68.3 Å². The summed E-state index contributed by atoms with van der Waals surface area (Å²) in [7, 11) is 1.68. The van der Waals surface area contributed by atoms with Crippen LogP contribution in [0.5, 0.6) is 5.75 Å². The maximum Gasteiger partial charge on any atom is 0.143 e. The van der Waals surface area contributed by atoms with Crippen LogP contribution in [0.25, 0.3) is 11.4 Å². The number of aromatic nitrogens is 2. The summed E-state index contributed by atoms with van der Waals surface area (Å²) in [5.41, 5.74) is 11.4. The van der Waals surface area contributed by atoms with Crippen LogP contribution in [-0.2, 0) is 0 Å². The number of nitrogens with one attached hydrogen (secondary N) is 1. The van der Waals surface area contributed by atoms with Crippen molar-refractivity contribution in [3.05, 3.63) is 84.1 Å². The molecule has 0 saturated carbocycles. The van der Waals surface area contributed by atoms with Gasteiger partial charge in [0.2, 0.25) is 0 Å². The van der Waals surface area contributed by atoms with Crippen LogP contribution >= 0.6 is 0 Å². The average Bonchev–Trinajstić information content (AvgIpc) is 3.52. The molecule has 0 radical (unpaired) electrons. The van der Waals surface area contributed by atoms with Crippen LogP contribution in [0.4, 0.5) is 0 Å². The van der Waals surface area contributed by atoms with Crippen LogP contribution < -0.4 is 15.8 Å². The third kappa shape index (κ3) is 5.62. The van der Waals surface area contributed by atoms with Gasteiger partial charge in [-0.3, -0.25) is 4.90 Å². The Morgan fingerprint density at radius 2 is 2.09 bits per heavy atom. The van der Waals surface area contributed by atoms with Crippen molar-refractivity contribution >= 4 is 5.70 Å². The second-order valence-electron chi connectivity index (χ2n) is 9.12. The number of imidazole rings is 1. The van der Waals surface area contributed by atoms with E-state index in [1.165, 1.54) is 24.8 Å². The van der Waals surface area contributed by atoms with E-state index in [0.717, 1.165) is 42.2 Å². The van der Waals surface area contributed by atoms with E-state index in [1.54, 1.807) is 13.4 Å². The number of nitrogens with zero attached hydrogens (tertiary/aromatic N) is 3. The van der Waals surface area contributed by atoms with Gasteiger partial charge >= 0.3 is 0 Å². The van der Waals surface area contributed by atoms with Gasteiger partial charge in [0.25, 0.3) is 0 Å². The summed E-state index contributed by atoms with van der Waals surface area (Å²) >= 11 is 0. The van der Waals surface area contributed by atoms with E-state index in [1.807, 2.05) is 42.1 Å². The third-order valence-electron chi connectivity index (χ3n) is 6.65. The zero-order chi connectivity index (χ0) is 23.9. The molecule has 4 rings (SSSR count). The number of ether oxygens (including phenoxy) is 1. The normalized spacial score (nSPS) is 17.6. The fourth-order valence-corrected chi connectivity index (χ4v) is 4.75. The average molecular weight is 460 g/mol. The van der Waals surface area contributed by atoms with Gasteiger partial charge in [0.05, 0.1) is 30.5 Å². The highest BCUT2D eigenvalue weighted by Gasteiger charge is 2.28. The second kappa shape index (κ2) is 11.3. The molecule has 1 aliphatic heterocycles. The SMILES string of the molecule is CCCCC(c1ccccc1)N1CCC(N/C=C(\N)c2ccc(-n3cnc(C)c3)c(OC)c2)C1. The van der Waals surface area contributed by atoms with Gasteiger partial charge in [0.15, 0.2) is 0 Å². The monoisotopic (exact) mass is 459 g/mol. The molecule has 2 unspecified atom stereocenters. The van der Waals surface area contributed by atoms with E-state index >= 15 is 0 Å². The van der Waals surface area contributed by atoms with Crippen LogP contribution in [0.15, 0.2) is 67.3 Å². The maximum absolute atomic E-state index is 6.45. The molecule has 3 N–H and O–H groups in total. The highest BCUT2D eigenvalue weighted by molar-refractivity contribution is 5.66. The van der Waals surface area contributed by atoms with Crippen molar-refractivity contribution in [2.24, 2.45) is 5.73 Å². The van der Waals surface area contributed by atoms with Gasteiger partial charge in [0, 0.05) is 43.1 Å². The minimum Gasteiger partial charge on any atom is -0.495 e. The minimum atomic E-state index is 0.390. The van der Waals surface area contributed by atoms with Gasteiger partial charge in [-0.05, 0) is 37.5 Å². The van der Waals surface area contributed by atoms with Crippen LogP contribution in [0, 0.1) is 6.92 Å². The molecular weight excluding hydrogens is 422 g/mol. The lowest BCUT2D eigenvalue weighted by Crippen LogP contribution is -2.32. The number of nitrogens with two attached hydrogens (primary N) is 1. The lowest BCUT2D eigenvalue weighted by Gasteiger charge is -2.28. The maximum atomic E-state index is 6.45. The van der Waals surface area contributed by atoms with Crippen molar-refractivity contribution in [1.82, 2.24) is 19.8 Å². The number of hydrogen-bond donors (Lipinski definition) is 2. The number of methoxy groups -OCH3 is 1. The Morgan fingerprint density at radius 1 is 1.26 bits per heavy atom. The summed E-state index contributed by atoms with van der Waals surface area (Å²) < 4.78 is 7.60. The molecule has 2 aromatic carbocycles. The lowest BCUT2D eigenvalue weighted by molar-refractivity contribution is 0.225. The first-order valence-corrected chi connectivity index (χ1v) is 12.3. The smallest absolute Gasteiger partial charge is 0.143 e. The summed E-state index contributed by atoms with van der Waals surface area (Å²) in [6, 6.07) is 17.8. The molecule has 6 nitrogen and oxygen atoms in total. The van der Waals surface area contributed by atoms with E-state index in [0.29, 0.717) is 17.8 Å². The standard InChI is InChI=1S/C28H37N5O/c1-4-5-11-26(22-9-7-6-8-10-22)32-15-14-24(19-32)30-17-25(29)23-12-13-27(28(16-23)34-3)33-18-21(2)31-20-33/h6-10,12-13,16-18,20,24,26,30H,4-5,11,14-15,19,29H2,1-3H3/b25-17-. The minimum absolute atomic E-state index is 0.390. The second-order valence-corrected chi connectivity index (χ2v) is 9.12. The van der Waals surface area contributed by atoms with Crippen LogP contribution in [0.2, 0.25) is 0 Å². The zero-order valence-electron chi connectivity index (χ0n) is 20.6. The number of hydrogen-bond acceptors (Lipinski definition) is 5. The molecule has 0 aliphatic carbocycles. The fourth-order valence-electron chi connectivity index (χ4n) is 4.75. The summed E-state index contributed by atoms with van der Waals surface area (Å²) in [6.07, 6.45) is 10.5. The molecule has 1 aliphatic rings.